The first-order valence-electron chi connectivity index (χ1n) is 5.88. The van der Waals surface area contributed by atoms with Crippen LogP contribution in [0.4, 0.5) is 4.39 Å². The van der Waals surface area contributed by atoms with Gasteiger partial charge in [-0.25, -0.2) is 9.07 Å². The Morgan fingerprint density at radius 1 is 1.50 bits per heavy atom. The first kappa shape index (κ1) is 14.4. The van der Waals surface area contributed by atoms with E-state index in [9.17, 15) is 9.18 Å². The summed E-state index contributed by atoms with van der Waals surface area (Å²) in [4.78, 5) is 11.7. The predicted octanol–water partition coefficient (Wildman–Crippen LogP) is 0.846. The fourth-order valence-electron chi connectivity index (χ4n) is 1.56. The van der Waals surface area contributed by atoms with Crippen LogP contribution in [0.3, 0.4) is 0 Å². The summed E-state index contributed by atoms with van der Waals surface area (Å²) in [5, 5.41) is 10.2. The van der Waals surface area contributed by atoms with Crippen molar-refractivity contribution in [2.75, 3.05) is 0 Å². The minimum atomic E-state index is -0.487. The number of hydrogen-bond donors (Lipinski definition) is 2. The number of nitrogens with two attached hydrogens (primary N) is 1. The van der Waals surface area contributed by atoms with E-state index in [4.69, 9.17) is 17.3 Å². The molecule has 1 heterocycles. The van der Waals surface area contributed by atoms with Crippen molar-refractivity contribution < 1.29 is 9.18 Å². The van der Waals surface area contributed by atoms with E-state index >= 15 is 0 Å². The summed E-state index contributed by atoms with van der Waals surface area (Å²) < 4.78 is 14.4. The third-order valence-electron chi connectivity index (χ3n) is 2.57. The molecule has 0 aliphatic carbocycles. The van der Waals surface area contributed by atoms with E-state index in [1.54, 1.807) is 12.3 Å². The lowest BCUT2D eigenvalue weighted by atomic mass is 10.2. The molecule has 1 aromatic heterocycles. The lowest BCUT2D eigenvalue weighted by molar-refractivity contribution is -0.122. The van der Waals surface area contributed by atoms with E-state index in [2.05, 4.69) is 15.6 Å². The molecule has 1 aromatic carbocycles. The summed E-state index contributed by atoms with van der Waals surface area (Å²) in [5.74, 6) is -0.724. The van der Waals surface area contributed by atoms with Gasteiger partial charge in [0.2, 0.25) is 5.91 Å². The maximum absolute atomic E-state index is 13.0. The number of nitrogens with zero attached hydrogens (tertiary/aromatic N) is 3. The molecular weight excluding hydrogens is 285 g/mol. The van der Waals surface area contributed by atoms with Crippen LogP contribution in [0.5, 0.6) is 0 Å². The number of aromatic nitrogens is 3. The van der Waals surface area contributed by atoms with Crippen molar-refractivity contribution in [1.82, 2.24) is 20.3 Å². The van der Waals surface area contributed by atoms with Gasteiger partial charge < -0.3 is 11.1 Å². The summed E-state index contributed by atoms with van der Waals surface area (Å²) in [6, 6.07) is 4.29. The van der Waals surface area contributed by atoms with E-state index in [-0.39, 0.29) is 30.6 Å². The fourth-order valence-corrected chi connectivity index (χ4v) is 1.77. The van der Waals surface area contributed by atoms with Gasteiger partial charge in [-0.15, -0.1) is 5.10 Å². The molecule has 0 saturated carbocycles. The maximum Gasteiger partial charge on any atom is 0.242 e. The van der Waals surface area contributed by atoms with Crippen molar-refractivity contribution in [3.05, 3.63) is 46.5 Å². The molecule has 6 nitrogen and oxygen atoms in total. The molecule has 0 bridgehead atoms. The van der Waals surface area contributed by atoms with Crippen LogP contribution in [-0.2, 0) is 24.4 Å². The molecule has 2 rings (SSSR count). The van der Waals surface area contributed by atoms with Crippen LogP contribution >= 0.6 is 11.6 Å². The molecule has 1 amide bonds. The van der Waals surface area contributed by atoms with Crippen molar-refractivity contribution >= 4 is 17.5 Å². The number of amides is 1. The zero-order valence-electron chi connectivity index (χ0n) is 10.5. The lowest BCUT2D eigenvalue weighted by Crippen LogP contribution is -2.27. The fraction of sp³-hybridized carbons (Fsp3) is 0.250. The molecule has 2 aromatic rings. The van der Waals surface area contributed by atoms with E-state index in [1.807, 2.05) is 0 Å². The summed E-state index contributed by atoms with van der Waals surface area (Å²) in [6.45, 7) is 0.578. The molecule has 0 aliphatic rings. The summed E-state index contributed by atoms with van der Waals surface area (Å²) in [6.07, 6.45) is 1.61. The minimum Gasteiger partial charge on any atom is -0.350 e. The molecule has 0 unspecified atom stereocenters. The average molecular weight is 298 g/mol. The predicted molar refractivity (Wildman–Crippen MR) is 71.2 cm³/mol. The van der Waals surface area contributed by atoms with E-state index in [0.717, 1.165) is 0 Å². The van der Waals surface area contributed by atoms with Crippen molar-refractivity contribution in [2.45, 2.75) is 19.6 Å². The molecule has 0 radical (unpaired) electrons. The Kier molecular flexibility index (Phi) is 4.65. The molecule has 0 fully saturated rings. The Balaban J connectivity index is 1.87. The van der Waals surface area contributed by atoms with Gasteiger partial charge in [-0.1, -0.05) is 22.9 Å². The topological polar surface area (TPSA) is 85.8 Å². The number of carbonyl (C=O) groups is 1. The number of halogens is 2. The molecular formula is C12H13ClFN5O. The van der Waals surface area contributed by atoms with Crippen LogP contribution < -0.4 is 11.1 Å². The molecule has 0 saturated heterocycles. The Morgan fingerprint density at radius 2 is 2.30 bits per heavy atom. The van der Waals surface area contributed by atoms with Crippen molar-refractivity contribution in [1.29, 1.82) is 0 Å². The summed E-state index contributed by atoms with van der Waals surface area (Å²) in [7, 11) is 0. The van der Waals surface area contributed by atoms with Crippen LogP contribution in [0.2, 0.25) is 5.02 Å². The van der Waals surface area contributed by atoms with Gasteiger partial charge in [0.25, 0.3) is 0 Å². The third kappa shape index (κ3) is 3.75. The Bertz CT molecular complexity index is 616. The number of benzene rings is 1. The van der Waals surface area contributed by atoms with Crippen LogP contribution in [0, 0.1) is 5.82 Å². The van der Waals surface area contributed by atoms with Crippen LogP contribution in [0.25, 0.3) is 0 Å². The zero-order chi connectivity index (χ0) is 14.5. The number of nitrogens with one attached hydrogen (secondary N) is 1. The zero-order valence-corrected chi connectivity index (χ0v) is 11.3. The van der Waals surface area contributed by atoms with Gasteiger partial charge in [0.05, 0.1) is 16.9 Å². The van der Waals surface area contributed by atoms with E-state index in [0.29, 0.717) is 11.3 Å². The Hall–Kier alpha value is -1.99. The second-order valence-electron chi connectivity index (χ2n) is 4.14. The number of hydrogen-bond acceptors (Lipinski definition) is 4. The summed E-state index contributed by atoms with van der Waals surface area (Å²) >= 11 is 5.66. The first-order valence-corrected chi connectivity index (χ1v) is 6.26. The Labute approximate surface area is 119 Å². The van der Waals surface area contributed by atoms with Crippen molar-refractivity contribution in [3.8, 4) is 0 Å². The summed E-state index contributed by atoms with van der Waals surface area (Å²) in [5.41, 5.74) is 6.72. The van der Waals surface area contributed by atoms with Gasteiger partial charge in [0.1, 0.15) is 12.4 Å². The van der Waals surface area contributed by atoms with Crippen LogP contribution in [0.15, 0.2) is 24.4 Å². The Morgan fingerprint density at radius 3 is 2.95 bits per heavy atom. The standard InChI is InChI=1S/C12H13ClFN5O/c13-10-3-8(1-2-11(10)14)5-16-12(20)7-19-6-9(4-15)17-18-19/h1-3,6H,4-5,7,15H2,(H,16,20). The second kappa shape index (κ2) is 6.44. The first-order chi connectivity index (χ1) is 9.58. The quantitative estimate of drug-likeness (QED) is 0.856. The number of rotatable bonds is 5. The third-order valence-corrected chi connectivity index (χ3v) is 2.86. The number of carbonyl (C=O) groups excluding carboxylic acids is 1. The van der Waals surface area contributed by atoms with Crippen molar-refractivity contribution in [2.24, 2.45) is 5.73 Å². The highest BCUT2D eigenvalue weighted by atomic mass is 35.5. The molecule has 0 aliphatic heterocycles. The lowest BCUT2D eigenvalue weighted by Gasteiger charge is -2.06. The largest absolute Gasteiger partial charge is 0.350 e. The monoisotopic (exact) mass is 297 g/mol. The van der Waals surface area contributed by atoms with Gasteiger partial charge in [-0.3, -0.25) is 4.79 Å². The second-order valence-corrected chi connectivity index (χ2v) is 4.54. The highest BCUT2D eigenvalue weighted by Crippen LogP contribution is 2.15. The molecule has 0 atom stereocenters. The van der Waals surface area contributed by atoms with Gasteiger partial charge in [0, 0.05) is 13.1 Å². The normalized spacial score (nSPS) is 10.6. The highest BCUT2D eigenvalue weighted by Gasteiger charge is 2.06. The molecule has 3 N–H and O–H groups in total. The molecule has 0 spiro atoms. The smallest absolute Gasteiger partial charge is 0.242 e. The molecule has 20 heavy (non-hydrogen) atoms. The van der Waals surface area contributed by atoms with Crippen LogP contribution in [-0.4, -0.2) is 20.9 Å². The SMILES string of the molecule is NCc1cn(CC(=O)NCc2ccc(F)c(Cl)c2)nn1. The highest BCUT2D eigenvalue weighted by molar-refractivity contribution is 6.30. The van der Waals surface area contributed by atoms with Gasteiger partial charge in [-0.05, 0) is 17.7 Å². The molecule has 106 valence electrons. The van der Waals surface area contributed by atoms with Gasteiger partial charge in [-0.2, -0.15) is 0 Å². The van der Waals surface area contributed by atoms with Gasteiger partial charge in [0.15, 0.2) is 0 Å². The van der Waals surface area contributed by atoms with Crippen molar-refractivity contribution in [3.63, 3.8) is 0 Å². The van der Waals surface area contributed by atoms with E-state index in [1.165, 1.54) is 16.8 Å². The molecule has 8 heteroatoms. The van der Waals surface area contributed by atoms with Crippen LogP contribution in [0.1, 0.15) is 11.3 Å². The average Bonchev–Trinajstić information content (AvgIpc) is 2.88. The van der Waals surface area contributed by atoms with E-state index < -0.39 is 5.82 Å². The van der Waals surface area contributed by atoms with Gasteiger partial charge >= 0.3 is 0 Å². The maximum atomic E-state index is 13.0. The minimum absolute atomic E-state index is 0.0283.